The van der Waals surface area contributed by atoms with E-state index in [0.717, 1.165) is 11.3 Å². The first-order valence-electron chi connectivity index (χ1n) is 4.62. The van der Waals surface area contributed by atoms with Crippen molar-refractivity contribution < 1.29 is 14.7 Å². The Morgan fingerprint density at radius 3 is 2.33 bits per heavy atom. The van der Waals surface area contributed by atoms with Crippen LogP contribution in [0.2, 0.25) is 0 Å². The molecule has 2 N–H and O–H groups in total. The molecule has 1 rings (SSSR count). The second-order valence-corrected chi connectivity index (χ2v) is 3.32. The van der Waals surface area contributed by atoms with Crippen molar-refractivity contribution in [3.8, 4) is 0 Å². The van der Waals surface area contributed by atoms with Crippen LogP contribution < -0.4 is 5.32 Å². The predicted molar refractivity (Wildman–Crippen MR) is 57.0 cm³/mol. The largest absolute Gasteiger partial charge is 0.480 e. The second-order valence-electron chi connectivity index (χ2n) is 3.32. The van der Waals surface area contributed by atoms with Gasteiger partial charge in [-0.1, -0.05) is 12.1 Å². The van der Waals surface area contributed by atoms with Crippen LogP contribution in [0.25, 0.3) is 0 Å². The topological polar surface area (TPSA) is 66.4 Å². The van der Waals surface area contributed by atoms with Gasteiger partial charge in [0.2, 0.25) is 0 Å². The maximum absolute atomic E-state index is 10.8. The van der Waals surface area contributed by atoms with E-state index in [1.54, 1.807) is 12.1 Å². The molecular weight excluding hydrogens is 194 g/mol. The first-order valence-corrected chi connectivity index (χ1v) is 4.62. The van der Waals surface area contributed by atoms with E-state index in [1.807, 2.05) is 12.1 Å². The molecular formula is C11H13NO3. The Morgan fingerprint density at radius 1 is 1.27 bits per heavy atom. The molecule has 0 aromatic heterocycles. The number of benzene rings is 1. The molecule has 0 saturated carbocycles. The van der Waals surface area contributed by atoms with Crippen molar-refractivity contribution in [3.05, 3.63) is 29.8 Å². The van der Waals surface area contributed by atoms with Crippen molar-refractivity contribution in [1.82, 2.24) is 0 Å². The van der Waals surface area contributed by atoms with Gasteiger partial charge in [-0.3, -0.25) is 9.59 Å². The molecule has 0 atom stereocenters. The average molecular weight is 207 g/mol. The molecule has 0 bridgehead atoms. The van der Waals surface area contributed by atoms with E-state index in [9.17, 15) is 9.59 Å². The number of carboxylic acids is 1. The van der Waals surface area contributed by atoms with E-state index in [2.05, 4.69) is 5.32 Å². The van der Waals surface area contributed by atoms with Crippen LogP contribution in [0.15, 0.2) is 24.3 Å². The summed E-state index contributed by atoms with van der Waals surface area (Å²) in [6.07, 6.45) is 0.416. The summed E-state index contributed by atoms with van der Waals surface area (Å²) in [5, 5.41) is 11.2. The second kappa shape index (κ2) is 5.14. The standard InChI is InChI=1S/C11H13NO3/c1-8(13)6-9-2-4-10(5-3-9)12-7-11(14)15/h2-5,12H,6-7H2,1H3,(H,14,15). The van der Waals surface area contributed by atoms with Gasteiger partial charge < -0.3 is 10.4 Å². The molecule has 0 spiro atoms. The zero-order valence-electron chi connectivity index (χ0n) is 8.49. The Labute approximate surface area is 87.9 Å². The molecule has 4 heteroatoms. The highest BCUT2D eigenvalue weighted by atomic mass is 16.4. The molecule has 0 amide bonds. The van der Waals surface area contributed by atoms with Gasteiger partial charge in [0.05, 0.1) is 0 Å². The molecule has 0 aliphatic rings. The number of ketones is 1. The maximum atomic E-state index is 10.8. The van der Waals surface area contributed by atoms with E-state index in [-0.39, 0.29) is 12.3 Å². The van der Waals surface area contributed by atoms with Crippen LogP contribution in [-0.2, 0) is 16.0 Å². The van der Waals surface area contributed by atoms with E-state index in [0.29, 0.717) is 6.42 Å². The van der Waals surface area contributed by atoms with Gasteiger partial charge in [0.25, 0.3) is 0 Å². The number of anilines is 1. The third kappa shape index (κ3) is 4.26. The fourth-order valence-electron chi connectivity index (χ4n) is 1.21. The summed E-state index contributed by atoms with van der Waals surface area (Å²) < 4.78 is 0. The zero-order chi connectivity index (χ0) is 11.3. The van der Waals surface area contributed by atoms with Crippen LogP contribution in [-0.4, -0.2) is 23.4 Å². The van der Waals surface area contributed by atoms with Crippen molar-refractivity contribution in [2.75, 3.05) is 11.9 Å². The van der Waals surface area contributed by atoms with Crippen molar-refractivity contribution in [2.45, 2.75) is 13.3 Å². The Kier molecular flexibility index (Phi) is 3.85. The van der Waals surface area contributed by atoms with Crippen molar-refractivity contribution >= 4 is 17.4 Å². The van der Waals surface area contributed by atoms with Gasteiger partial charge in [0.15, 0.2) is 0 Å². The Balaban J connectivity index is 2.56. The van der Waals surface area contributed by atoms with Gasteiger partial charge in [0.1, 0.15) is 12.3 Å². The molecule has 0 aliphatic heterocycles. The summed E-state index contributed by atoms with van der Waals surface area (Å²) in [4.78, 5) is 21.1. The molecule has 4 nitrogen and oxygen atoms in total. The highest BCUT2D eigenvalue weighted by molar-refractivity contribution is 5.78. The van der Waals surface area contributed by atoms with Crippen LogP contribution in [0.5, 0.6) is 0 Å². The summed E-state index contributed by atoms with van der Waals surface area (Å²) in [6.45, 7) is 1.43. The molecule has 0 fully saturated rings. The van der Waals surface area contributed by atoms with Crippen molar-refractivity contribution in [2.24, 2.45) is 0 Å². The van der Waals surface area contributed by atoms with Crippen LogP contribution in [0.3, 0.4) is 0 Å². The molecule has 1 aromatic rings. The van der Waals surface area contributed by atoms with Gasteiger partial charge in [-0.2, -0.15) is 0 Å². The Morgan fingerprint density at radius 2 is 1.87 bits per heavy atom. The number of carbonyl (C=O) groups excluding carboxylic acids is 1. The minimum Gasteiger partial charge on any atom is -0.480 e. The predicted octanol–water partition coefficient (Wildman–Crippen LogP) is 1.31. The number of nitrogens with one attached hydrogen (secondary N) is 1. The molecule has 0 unspecified atom stereocenters. The van der Waals surface area contributed by atoms with E-state index >= 15 is 0 Å². The van der Waals surface area contributed by atoms with E-state index in [1.165, 1.54) is 6.92 Å². The average Bonchev–Trinajstić information content (AvgIpc) is 2.16. The fraction of sp³-hybridized carbons (Fsp3) is 0.273. The lowest BCUT2D eigenvalue weighted by Crippen LogP contribution is -2.12. The van der Waals surface area contributed by atoms with E-state index < -0.39 is 5.97 Å². The first-order chi connectivity index (χ1) is 7.08. The molecule has 0 heterocycles. The van der Waals surface area contributed by atoms with Gasteiger partial charge in [-0.15, -0.1) is 0 Å². The molecule has 0 aliphatic carbocycles. The smallest absolute Gasteiger partial charge is 0.322 e. The Bertz CT molecular complexity index is 357. The van der Waals surface area contributed by atoms with Gasteiger partial charge in [0, 0.05) is 12.1 Å². The molecule has 1 aromatic carbocycles. The lowest BCUT2D eigenvalue weighted by Gasteiger charge is -2.04. The normalized spacial score (nSPS) is 9.67. The minimum atomic E-state index is -0.900. The number of rotatable bonds is 5. The SMILES string of the molecule is CC(=O)Cc1ccc(NCC(=O)O)cc1. The number of hydrogen-bond donors (Lipinski definition) is 2. The van der Waals surface area contributed by atoms with Gasteiger partial charge in [-0.05, 0) is 24.6 Å². The highest BCUT2D eigenvalue weighted by Crippen LogP contribution is 2.09. The maximum Gasteiger partial charge on any atom is 0.322 e. The number of hydrogen-bond acceptors (Lipinski definition) is 3. The molecule has 80 valence electrons. The number of carbonyl (C=O) groups is 2. The lowest BCUT2D eigenvalue weighted by atomic mass is 10.1. The van der Waals surface area contributed by atoms with Crippen molar-refractivity contribution in [1.29, 1.82) is 0 Å². The monoisotopic (exact) mass is 207 g/mol. The third-order valence-corrected chi connectivity index (χ3v) is 1.85. The minimum absolute atomic E-state index is 0.105. The molecule has 0 saturated heterocycles. The summed E-state index contributed by atoms with van der Waals surface area (Å²) in [5.74, 6) is -0.788. The van der Waals surface area contributed by atoms with Crippen LogP contribution >= 0.6 is 0 Å². The summed E-state index contributed by atoms with van der Waals surface area (Å²) in [6, 6.07) is 7.15. The summed E-state index contributed by atoms with van der Waals surface area (Å²) in [7, 11) is 0. The zero-order valence-corrected chi connectivity index (χ0v) is 8.49. The number of Topliss-reactive ketones (excluding diaryl/α,β-unsaturated/α-hetero) is 1. The highest BCUT2D eigenvalue weighted by Gasteiger charge is 1.99. The fourth-order valence-corrected chi connectivity index (χ4v) is 1.21. The molecule has 0 radical (unpaired) electrons. The third-order valence-electron chi connectivity index (χ3n) is 1.85. The molecule has 15 heavy (non-hydrogen) atoms. The van der Waals surface area contributed by atoms with Crippen molar-refractivity contribution in [3.63, 3.8) is 0 Å². The van der Waals surface area contributed by atoms with E-state index in [4.69, 9.17) is 5.11 Å². The quantitative estimate of drug-likeness (QED) is 0.764. The van der Waals surface area contributed by atoms with Crippen LogP contribution in [0.1, 0.15) is 12.5 Å². The summed E-state index contributed by atoms with van der Waals surface area (Å²) in [5.41, 5.74) is 1.67. The summed E-state index contributed by atoms with van der Waals surface area (Å²) >= 11 is 0. The first kappa shape index (κ1) is 11.2. The van der Waals surface area contributed by atoms with Gasteiger partial charge >= 0.3 is 5.97 Å². The lowest BCUT2D eigenvalue weighted by molar-refractivity contribution is -0.135. The van der Waals surface area contributed by atoms with Crippen LogP contribution in [0.4, 0.5) is 5.69 Å². The Hall–Kier alpha value is -1.84. The van der Waals surface area contributed by atoms with Gasteiger partial charge in [-0.25, -0.2) is 0 Å². The number of carboxylic acid groups (broad SMARTS) is 1. The number of aliphatic carboxylic acids is 1. The van der Waals surface area contributed by atoms with Crippen LogP contribution in [0, 0.1) is 0 Å².